The summed E-state index contributed by atoms with van der Waals surface area (Å²) >= 11 is 0. The van der Waals surface area contributed by atoms with Crippen molar-refractivity contribution in [3.63, 3.8) is 0 Å². The summed E-state index contributed by atoms with van der Waals surface area (Å²) in [6.45, 7) is 8.07. The summed E-state index contributed by atoms with van der Waals surface area (Å²) in [6, 6.07) is 7.02. The normalized spacial score (nSPS) is 12.4. The number of nitrogens with two attached hydrogens (primary N) is 1. The van der Waals surface area contributed by atoms with Crippen LogP contribution in [0.15, 0.2) is 30.9 Å². The quantitative estimate of drug-likeness (QED) is 0.307. The highest BCUT2D eigenvalue weighted by Gasteiger charge is 2.09. The van der Waals surface area contributed by atoms with E-state index in [0.29, 0.717) is 6.04 Å². The van der Waals surface area contributed by atoms with E-state index in [4.69, 9.17) is 5.84 Å². The number of benzene rings is 1. The first-order valence-electron chi connectivity index (χ1n) is 7.30. The molecule has 0 aromatic heterocycles. The van der Waals surface area contributed by atoms with Gasteiger partial charge in [-0.2, -0.15) is 0 Å². The molecule has 0 aliphatic rings. The molecule has 1 aromatic carbocycles. The van der Waals surface area contributed by atoms with Gasteiger partial charge in [0.1, 0.15) is 0 Å². The van der Waals surface area contributed by atoms with E-state index < -0.39 is 0 Å². The average molecular weight is 260 g/mol. The third-order valence-electron chi connectivity index (χ3n) is 3.67. The summed E-state index contributed by atoms with van der Waals surface area (Å²) in [6.07, 6.45) is 9.01. The Morgan fingerprint density at radius 2 is 2.05 bits per heavy atom. The molecule has 19 heavy (non-hydrogen) atoms. The minimum absolute atomic E-state index is 0.379. The molecular formula is C17H28N2. The van der Waals surface area contributed by atoms with Gasteiger partial charge >= 0.3 is 0 Å². The van der Waals surface area contributed by atoms with Gasteiger partial charge in [-0.05, 0) is 50.7 Å². The van der Waals surface area contributed by atoms with Crippen molar-refractivity contribution in [2.24, 2.45) is 5.84 Å². The fourth-order valence-corrected chi connectivity index (χ4v) is 2.39. The van der Waals surface area contributed by atoms with Crippen molar-refractivity contribution in [3.05, 3.63) is 47.5 Å². The minimum Gasteiger partial charge on any atom is -0.271 e. The molecule has 0 bridgehead atoms. The van der Waals surface area contributed by atoms with Crippen LogP contribution in [0.2, 0.25) is 0 Å². The molecule has 3 N–H and O–H groups in total. The molecule has 0 amide bonds. The SMILES string of the molecule is C=CCCCCCC(Cc1cc(C)ccc1C)NN. The topological polar surface area (TPSA) is 38.0 Å². The fourth-order valence-electron chi connectivity index (χ4n) is 2.39. The van der Waals surface area contributed by atoms with Crippen LogP contribution in [0.4, 0.5) is 0 Å². The second-order valence-electron chi connectivity index (χ2n) is 5.42. The van der Waals surface area contributed by atoms with Crippen LogP contribution in [0.25, 0.3) is 0 Å². The summed E-state index contributed by atoms with van der Waals surface area (Å²) in [5, 5.41) is 0. The highest BCUT2D eigenvalue weighted by atomic mass is 15.2. The second-order valence-corrected chi connectivity index (χ2v) is 5.42. The van der Waals surface area contributed by atoms with Crippen LogP contribution in [0, 0.1) is 13.8 Å². The standard InChI is InChI=1S/C17H28N2/c1-4-5-6-7-8-9-17(19-18)13-16-12-14(2)10-11-15(16)3/h4,10-12,17,19H,1,5-9,13,18H2,2-3H3. The third-order valence-corrected chi connectivity index (χ3v) is 3.67. The molecular weight excluding hydrogens is 232 g/mol. The molecule has 1 rings (SSSR count). The van der Waals surface area contributed by atoms with Crippen molar-refractivity contribution in [2.45, 2.75) is 58.4 Å². The first-order valence-corrected chi connectivity index (χ1v) is 7.30. The maximum atomic E-state index is 5.68. The monoisotopic (exact) mass is 260 g/mol. The number of hydrogen-bond acceptors (Lipinski definition) is 2. The van der Waals surface area contributed by atoms with Gasteiger partial charge in [0.25, 0.3) is 0 Å². The zero-order valence-corrected chi connectivity index (χ0v) is 12.4. The molecule has 2 heteroatoms. The van der Waals surface area contributed by atoms with Crippen LogP contribution in [-0.4, -0.2) is 6.04 Å². The first kappa shape index (κ1) is 15.9. The van der Waals surface area contributed by atoms with Gasteiger partial charge in [0.05, 0.1) is 0 Å². The number of hydrogen-bond donors (Lipinski definition) is 2. The van der Waals surface area contributed by atoms with E-state index in [1.807, 2.05) is 6.08 Å². The molecule has 0 fully saturated rings. The van der Waals surface area contributed by atoms with Crippen LogP contribution >= 0.6 is 0 Å². The Kier molecular flexibility index (Phi) is 7.46. The molecule has 0 heterocycles. The highest BCUT2D eigenvalue weighted by Crippen LogP contribution is 2.15. The number of nitrogens with one attached hydrogen (secondary N) is 1. The minimum atomic E-state index is 0.379. The lowest BCUT2D eigenvalue weighted by atomic mass is 9.96. The predicted molar refractivity (Wildman–Crippen MR) is 84.0 cm³/mol. The molecule has 0 spiro atoms. The molecule has 0 radical (unpaired) electrons. The zero-order chi connectivity index (χ0) is 14.1. The molecule has 0 saturated carbocycles. The van der Waals surface area contributed by atoms with Gasteiger partial charge in [-0.1, -0.05) is 42.7 Å². The average Bonchev–Trinajstić information content (AvgIpc) is 2.41. The largest absolute Gasteiger partial charge is 0.271 e. The van der Waals surface area contributed by atoms with Gasteiger partial charge in [-0.25, -0.2) is 0 Å². The lowest BCUT2D eigenvalue weighted by molar-refractivity contribution is 0.464. The Morgan fingerprint density at radius 1 is 1.26 bits per heavy atom. The molecule has 1 unspecified atom stereocenters. The van der Waals surface area contributed by atoms with E-state index in [-0.39, 0.29) is 0 Å². The van der Waals surface area contributed by atoms with E-state index in [2.05, 4.69) is 44.1 Å². The Hall–Kier alpha value is -1.12. The van der Waals surface area contributed by atoms with Crippen molar-refractivity contribution >= 4 is 0 Å². The molecule has 0 saturated heterocycles. The van der Waals surface area contributed by atoms with E-state index in [1.54, 1.807) is 0 Å². The number of hydrazine groups is 1. The number of allylic oxidation sites excluding steroid dienone is 1. The van der Waals surface area contributed by atoms with Crippen molar-refractivity contribution < 1.29 is 0 Å². The van der Waals surface area contributed by atoms with Crippen LogP contribution in [-0.2, 0) is 6.42 Å². The summed E-state index contributed by atoms with van der Waals surface area (Å²) in [5.41, 5.74) is 7.06. The van der Waals surface area contributed by atoms with Crippen LogP contribution in [0.5, 0.6) is 0 Å². The summed E-state index contributed by atoms with van der Waals surface area (Å²) in [7, 11) is 0. The van der Waals surface area contributed by atoms with E-state index in [9.17, 15) is 0 Å². The summed E-state index contributed by atoms with van der Waals surface area (Å²) in [4.78, 5) is 0. The van der Waals surface area contributed by atoms with Gasteiger partial charge in [0, 0.05) is 6.04 Å². The highest BCUT2D eigenvalue weighted by molar-refractivity contribution is 5.31. The predicted octanol–water partition coefficient (Wildman–Crippen LogP) is 3.81. The van der Waals surface area contributed by atoms with Crippen LogP contribution in [0.3, 0.4) is 0 Å². The molecule has 2 nitrogen and oxygen atoms in total. The Bertz CT molecular complexity index is 385. The Labute approximate surface area is 118 Å². The van der Waals surface area contributed by atoms with Gasteiger partial charge in [-0.3, -0.25) is 11.3 Å². The van der Waals surface area contributed by atoms with Gasteiger partial charge in [0.2, 0.25) is 0 Å². The fraction of sp³-hybridized carbons (Fsp3) is 0.529. The number of rotatable bonds is 9. The summed E-state index contributed by atoms with van der Waals surface area (Å²) < 4.78 is 0. The zero-order valence-electron chi connectivity index (χ0n) is 12.4. The van der Waals surface area contributed by atoms with Crippen LogP contribution < -0.4 is 11.3 Å². The van der Waals surface area contributed by atoms with Crippen LogP contribution in [0.1, 0.15) is 48.8 Å². The lowest BCUT2D eigenvalue weighted by Crippen LogP contribution is -2.36. The van der Waals surface area contributed by atoms with Crippen molar-refractivity contribution in [3.8, 4) is 0 Å². The summed E-state index contributed by atoms with van der Waals surface area (Å²) in [5.74, 6) is 5.68. The Balaban J connectivity index is 2.42. The maximum absolute atomic E-state index is 5.68. The smallest absolute Gasteiger partial charge is 0.0251 e. The van der Waals surface area contributed by atoms with Gasteiger partial charge in [0.15, 0.2) is 0 Å². The van der Waals surface area contributed by atoms with Crippen molar-refractivity contribution in [2.75, 3.05) is 0 Å². The molecule has 0 aliphatic heterocycles. The molecule has 1 aromatic rings. The maximum Gasteiger partial charge on any atom is 0.0251 e. The van der Waals surface area contributed by atoms with Gasteiger partial charge in [-0.15, -0.1) is 6.58 Å². The number of unbranched alkanes of at least 4 members (excludes halogenated alkanes) is 3. The molecule has 1 atom stereocenters. The van der Waals surface area contributed by atoms with E-state index >= 15 is 0 Å². The van der Waals surface area contributed by atoms with Gasteiger partial charge < -0.3 is 0 Å². The van der Waals surface area contributed by atoms with Crippen molar-refractivity contribution in [1.29, 1.82) is 0 Å². The first-order chi connectivity index (χ1) is 9.17. The third kappa shape index (κ3) is 6.04. The second kappa shape index (κ2) is 8.89. The van der Waals surface area contributed by atoms with Crippen molar-refractivity contribution in [1.82, 2.24) is 5.43 Å². The molecule has 0 aliphatic carbocycles. The number of aryl methyl sites for hydroxylation is 2. The lowest BCUT2D eigenvalue weighted by Gasteiger charge is -2.17. The van der Waals surface area contributed by atoms with E-state index in [0.717, 1.165) is 19.3 Å². The molecule has 106 valence electrons. The van der Waals surface area contributed by atoms with E-state index in [1.165, 1.54) is 36.0 Å². The Morgan fingerprint density at radius 3 is 2.74 bits per heavy atom.